The Morgan fingerprint density at radius 3 is 2.61 bits per heavy atom. The molecule has 0 unspecified atom stereocenters. The first-order chi connectivity index (χ1) is 8.58. The van der Waals surface area contributed by atoms with E-state index >= 15 is 0 Å². The Morgan fingerprint density at radius 1 is 1.17 bits per heavy atom. The van der Waals surface area contributed by atoms with Crippen molar-refractivity contribution in [3.63, 3.8) is 0 Å². The number of anilines is 3. The number of halogens is 2. The number of rotatable bonds is 3. The number of nitrogens with one attached hydrogen (secondary N) is 2. The van der Waals surface area contributed by atoms with E-state index in [0.29, 0.717) is 16.7 Å². The highest BCUT2D eigenvalue weighted by Crippen LogP contribution is 2.28. The average molecular weight is 328 g/mol. The zero-order valence-corrected chi connectivity index (χ0v) is 12.3. The molecule has 2 rings (SSSR count). The van der Waals surface area contributed by atoms with Crippen LogP contribution in [0.4, 0.5) is 17.3 Å². The lowest BCUT2D eigenvalue weighted by Gasteiger charge is -2.10. The molecule has 0 aliphatic rings. The van der Waals surface area contributed by atoms with E-state index in [2.05, 4.69) is 36.5 Å². The van der Waals surface area contributed by atoms with E-state index in [9.17, 15) is 0 Å². The van der Waals surface area contributed by atoms with Gasteiger partial charge in [0.25, 0.3) is 0 Å². The molecule has 1 heterocycles. The normalized spacial score (nSPS) is 10.2. The van der Waals surface area contributed by atoms with E-state index in [0.717, 1.165) is 16.0 Å². The topological polar surface area (TPSA) is 49.8 Å². The summed E-state index contributed by atoms with van der Waals surface area (Å²) in [4.78, 5) is 8.54. The molecular formula is C12H12BrClN4. The molecule has 2 aromatic rings. The molecule has 0 saturated heterocycles. The minimum atomic E-state index is 0.639. The molecule has 2 N–H and O–H groups in total. The number of nitrogens with zero attached hydrogens (tertiary/aromatic N) is 2. The van der Waals surface area contributed by atoms with E-state index in [4.69, 9.17) is 11.6 Å². The molecule has 0 atom stereocenters. The second kappa shape index (κ2) is 5.54. The Kier molecular flexibility index (Phi) is 4.04. The SMILES string of the molecule is CNc1cc(Nc2cc(Br)ccc2Cl)nc(C)n1. The molecule has 6 heteroatoms. The molecular weight excluding hydrogens is 316 g/mol. The van der Waals surface area contributed by atoms with Gasteiger partial charge < -0.3 is 10.6 Å². The van der Waals surface area contributed by atoms with Crippen LogP contribution in [0.1, 0.15) is 5.82 Å². The number of hydrogen-bond acceptors (Lipinski definition) is 4. The van der Waals surface area contributed by atoms with Gasteiger partial charge in [-0.1, -0.05) is 27.5 Å². The summed E-state index contributed by atoms with van der Waals surface area (Å²) in [6.07, 6.45) is 0. The third kappa shape index (κ3) is 3.11. The maximum absolute atomic E-state index is 6.12. The molecule has 0 spiro atoms. The highest BCUT2D eigenvalue weighted by molar-refractivity contribution is 9.10. The lowest BCUT2D eigenvalue weighted by Crippen LogP contribution is -2.01. The highest BCUT2D eigenvalue weighted by atomic mass is 79.9. The summed E-state index contributed by atoms with van der Waals surface area (Å²) in [6.45, 7) is 1.84. The monoisotopic (exact) mass is 326 g/mol. The fraction of sp³-hybridized carbons (Fsp3) is 0.167. The first-order valence-corrected chi connectivity index (χ1v) is 6.51. The van der Waals surface area contributed by atoms with Gasteiger partial charge in [0.1, 0.15) is 17.5 Å². The Morgan fingerprint density at radius 2 is 1.89 bits per heavy atom. The summed E-state index contributed by atoms with van der Waals surface area (Å²) in [7, 11) is 1.82. The summed E-state index contributed by atoms with van der Waals surface area (Å²) >= 11 is 9.53. The molecule has 0 radical (unpaired) electrons. The molecule has 0 fully saturated rings. The van der Waals surface area contributed by atoms with Crippen LogP contribution in [0.5, 0.6) is 0 Å². The zero-order chi connectivity index (χ0) is 13.1. The minimum absolute atomic E-state index is 0.639. The molecule has 94 valence electrons. The summed E-state index contributed by atoms with van der Waals surface area (Å²) in [5.41, 5.74) is 0.797. The average Bonchev–Trinajstić information content (AvgIpc) is 2.33. The van der Waals surface area contributed by atoms with Crippen LogP contribution in [0.2, 0.25) is 5.02 Å². The first-order valence-electron chi connectivity index (χ1n) is 5.34. The Hall–Kier alpha value is -1.33. The summed E-state index contributed by atoms with van der Waals surface area (Å²) in [5.74, 6) is 2.15. The molecule has 0 bridgehead atoms. The van der Waals surface area contributed by atoms with Crippen molar-refractivity contribution in [2.45, 2.75) is 6.92 Å². The third-order valence-electron chi connectivity index (χ3n) is 2.29. The van der Waals surface area contributed by atoms with E-state index in [1.54, 1.807) is 0 Å². The van der Waals surface area contributed by atoms with Crippen molar-refractivity contribution in [3.05, 3.63) is 39.6 Å². The van der Waals surface area contributed by atoms with E-state index < -0.39 is 0 Å². The number of aryl methyl sites for hydroxylation is 1. The minimum Gasteiger partial charge on any atom is -0.373 e. The van der Waals surface area contributed by atoms with Crippen LogP contribution in [0.15, 0.2) is 28.7 Å². The van der Waals surface area contributed by atoms with Gasteiger partial charge >= 0.3 is 0 Å². The lowest BCUT2D eigenvalue weighted by molar-refractivity contribution is 1.06. The Balaban J connectivity index is 2.33. The summed E-state index contributed by atoms with van der Waals surface area (Å²) in [6, 6.07) is 7.43. The van der Waals surface area contributed by atoms with Crippen molar-refractivity contribution < 1.29 is 0 Å². The molecule has 1 aromatic heterocycles. The van der Waals surface area contributed by atoms with Gasteiger partial charge in [-0.15, -0.1) is 0 Å². The number of aromatic nitrogens is 2. The van der Waals surface area contributed by atoms with Crippen LogP contribution in [-0.4, -0.2) is 17.0 Å². The summed E-state index contributed by atoms with van der Waals surface area (Å²) < 4.78 is 0.953. The van der Waals surface area contributed by atoms with Crippen LogP contribution in [0.25, 0.3) is 0 Å². The lowest BCUT2D eigenvalue weighted by atomic mass is 10.3. The standard InChI is InChI=1S/C12H12BrClN4/c1-7-16-11(15-2)6-12(17-7)18-10-5-8(13)3-4-9(10)14/h3-6H,1-2H3,(H2,15,16,17,18). The molecule has 0 aliphatic carbocycles. The van der Waals surface area contributed by atoms with Crippen LogP contribution in [0, 0.1) is 6.92 Å². The number of hydrogen-bond donors (Lipinski definition) is 2. The van der Waals surface area contributed by atoms with Crippen LogP contribution in [0.3, 0.4) is 0 Å². The second-order valence-corrected chi connectivity index (χ2v) is 5.01. The number of benzene rings is 1. The van der Waals surface area contributed by atoms with Crippen molar-refractivity contribution in [1.82, 2.24) is 9.97 Å². The van der Waals surface area contributed by atoms with Gasteiger partial charge in [-0.25, -0.2) is 9.97 Å². The third-order valence-corrected chi connectivity index (χ3v) is 3.11. The van der Waals surface area contributed by atoms with Crippen molar-refractivity contribution in [2.75, 3.05) is 17.7 Å². The van der Waals surface area contributed by atoms with E-state index in [1.165, 1.54) is 0 Å². The van der Waals surface area contributed by atoms with Crippen molar-refractivity contribution in [2.24, 2.45) is 0 Å². The maximum Gasteiger partial charge on any atom is 0.136 e. The van der Waals surface area contributed by atoms with Crippen LogP contribution < -0.4 is 10.6 Å². The van der Waals surface area contributed by atoms with Crippen LogP contribution in [-0.2, 0) is 0 Å². The molecule has 0 saturated carbocycles. The van der Waals surface area contributed by atoms with Gasteiger partial charge in [0, 0.05) is 17.6 Å². The highest BCUT2D eigenvalue weighted by Gasteiger charge is 2.05. The van der Waals surface area contributed by atoms with Crippen molar-refractivity contribution in [3.8, 4) is 0 Å². The predicted octanol–water partition coefficient (Wildman–Crippen LogP) is 3.99. The quantitative estimate of drug-likeness (QED) is 0.895. The fourth-order valence-corrected chi connectivity index (χ4v) is 2.02. The van der Waals surface area contributed by atoms with Crippen molar-refractivity contribution in [1.29, 1.82) is 0 Å². The van der Waals surface area contributed by atoms with E-state index in [1.807, 2.05) is 38.2 Å². The fourth-order valence-electron chi connectivity index (χ4n) is 1.49. The molecule has 0 amide bonds. The Labute approximate surface area is 119 Å². The Bertz CT molecular complexity index is 574. The molecule has 1 aromatic carbocycles. The smallest absolute Gasteiger partial charge is 0.136 e. The predicted molar refractivity (Wildman–Crippen MR) is 78.8 cm³/mol. The van der Waals surface area contributed by atoms with Gasteiger partial charge in [0.15, 0.2) is 0 Å². The summed E-state index contributed by atoms with van der Waals surface area (Å²) in [5, 5.41) is 6.80. The van der Waals surface area contributed by atoms with Gasteiger partial charge in [0.2, 0.25) is 0 Å². The second-order valence-electron chi connectivity index (χ2n) is 3.68. The van der Waals surface area contributed by atoms with Crippen molar-refractivity contribution >= 4 is 44.9 Å². The zero-order valence-electron chi connectivity index (χ0n) is 9.96. The van der Waals surface area contributed by atoms with Crippen LogP contribution >= 0.6 is 27.5 Å². The molecule has 4 nitrogen and oxygen atoms in total. The van der Waals surface area contributed by atoms with E-state index in [-0.39, 0.29) is 0 Å². The van der Waals surface area contributed by atoms with Gasteiger partial charge in [-0.2, -0.15) is 0 Å². The van der Waals surface area contributed by atoms with Gasteiger partial charge in [0.05, 0.1) is 10.7 Å². The maximum atomic E-state index is 6.12. The van der Waals surface area contributed by atoms with Gasteiger partial charge in [-0.05, 0) is 25.1 Å². The molecule has 18 heavy (non-hydrogen) atoms. The largest absolute Gasteiger partial charge is 0.373 e. The molecule has 0 aliphatic heterocycles. The van der Waals surface area contributed by atoms with Gasteiger partial charge in [-0.3, -0.25) is 0 Å². The first kappa shape index (κ1) is 13.1.